The van der Waals surface area contributed by atoms with Crippen molar-refractivity contribution in [3.8, 4) is 17.1 Å². The van der Waals surface area contributed by atoms with E-state index < -0.39 is 0 Å². The molecule has 0 spiro atoms. The molecule has 0 unspecified atom stereocenters. The molecule has 2 aromatic heterocycles. The van der Waals surface area contributed by atoms with Crippen molar-refractivity contribution < 1.29 is 0 Å². The zero-order chi connectivity index (χ0) is 13.1. The first-order valence-electron chi connectivity index (χ1n) is 5.96. The molecule has 3 nitrogen and oxygen atoms in total. The van der Waals surface area contributed by atoms with Gasteiger partial charge in [-0.2, -0.15) is 0 Å². The van der Waals surface area contributed by atoms with Gasteiger partial charge >= 0.3 is 0 Å². The average Bonchev–Trinajstić information content (AvgIpc) is 2.98. The number of benzene rings is 1. The second kappa shape index (κ2) is 5.28. The van der Waals surface area contributed by atoms with Crippen molar-refractivity contribution in [2.75, 3.05) is 6.26 Å². The van der Waals surface area contributed by atoms with Crippen LogP contribution < -0.4 is 0 Å². The minimum Gasteiger partial charge on any atom is -0.283 e. The van der Waals surface area contributed by atoms with Gasteiger partial charge in [-0.15, -0.1) is 11.8 Å². The van der Waals surface area contributed by atoms with Crippen molar-refractivity contribution in [2.45, 2.75) is 4.90 Å². The Bertz CT molecular complexity index is 659. The molecule has 0 saturated carbocycles. The fraction of sp³-hybridized carbons (Fsp3) is 0.0667. The SMILES string of the molecule is CSc1ccc(-n2cncc2-c2ccccc2)nc1. The summed E-state index contributed by atoms with van der Waals surface area (Å²) in [7, 11) is 0. The largest absolute Gasteiger partial charge is 0.283 e. The molecule has 0 N–H and O–H groups in total. The lowest BCUT2D eigenvalue weighted by Gasteiger charge is -2.07. The van der Waals surface area contributed by atoms with Crippen LogP contribution in [0.1, 0.15) is 0 Å². The van der Waals surface area contributed by atoms with Crippen LogP contribution in [0.5, 0.6) is 0 Å². The van der Waals surface area contributed by atoms with Gasteiger partial charge in [-0.3, -0.25) is 4.57 Å². The quantitative estimate of drug-likeness (QED) is 0.679. The van der Waals surface area contributed by atoms with Crippen molar-refractivity contribution in [3.63, 3.8) is 0 Å². The Morgan fingerprint density at radius 1 is 1.00 bits per heavy atom. The van der Waals surface area contributed by atoms with E-state index in [1.54, 1.807) is 18.1 Å². The predicted molar refractivity (Wildman–Crippen MR) is 78.6 cm³/mol. The topological polar surface area (TPSA) is 30.7 Å². The van der Waals surface area contributed by atoms with Gasteiger partial charge in [-0.1, -0.05) is 30.3 Å². The molecule has 2 heterocycles. The third kappa shape index (κ3) is 2.39. The van der Waals surface area contributed by atoms with E-state index in [2.05, 4.69) is 28.2 Å². The summed E-state index contributed by atoms with van der Waals surface area (Å²) >= 11 is 1.69. The van der Waals surface area contributed by atoms with Crippen LogP contribution in [0.15, 0.2) is 66.1 Å². The van der Waals surface area contributed by atoms with Crippen LogP contribution >= 0.6 is 11.8 Å². The molecule has 0 bridgehead atoms. The van der Waals surface area contributed by atoms with Gasteiger partial charge in [-0.25, -0.2) is 9.97 Å². The molecule has 3 rings (SSSR count). The Morgan fingerprint density at radius 2 is 1.84 bits per heavy atom. The van der Waals surface area contributed by atoms with Crippen molar-refractivity contribution in [1.82, 2.24) is 14.5 Å². The van der Waals surface area contributed by atoms with Crippen LogP contribution in [-0.4, -0.2) is 20.8 Å². The number of rotatable bonds is 3. The maximum Gasteiger partial charge on any atom is 0.138 e. The number of pyridine rings is 1. The van der Waals surface area contributed by atoms with E-state index in [9.17, 15) is 0 Å². The standard InChI is InChI=1S/C15H13N3S/c1-19-13-7-8-15(17-9-13)18-11-16-10-14(18)12-5-3-2-4-6-12/h2-11H,1H3. The Labute approximate surface area is 116 Å². The van der Waals surface area contributed by atoms with E-state index in [-0.39, 0.29) is 0 Å². The summed E-state index contributed by atoms with van der Waals surface area (Å²) < 4.78 is 2.00. The van der Waals surface area contributed by atoms with Gasteiger partial charge in [0.1, 0.15) is 12.1 Å². The average molecular weight is 267 g/mol. The molecule has 0 radical (unpaired) electrons. The predicted octanol–water partition coefficient (Wildman–Crippen LogP) is 3.66. The molecule has 19 heavy (non-hydrogen) atoms. The fourth-order valence-corrected chi connectivity index (χ4v) is 2.30. The van der Waals surface area contributed by atoms with Gasteiger partial charge in [0, 0.05) is 16.7 Å². The van der Waals surface area contributed by atoms with E-state index in [1.165, 1.54) is 0 Å². The number of hydrogen-bond donors (Lipinski definition) is 0. The number of nitrogens with zero attached hydrogens (tertiary/aromatic N) is 3. The van der Waals surface area contributed by atoms with E-state index in [1.807, 2.05) is 47.5 Å². The van der Waals surface area contributed by atoms with Crippen LogP contribution in [0.3, 0.4) is 0 Å². The maximum absolute atomic E-state index is 4.48. The van der Waals surface area contributed by atoms with E-state index >= 15 is 0 Å². The zero-order valence-electron chi connectivity index (χ0n) is 10.5. The lowest BCUT2D eigenvalue weighted by Crippen LogP contribution is -1.97. The molecule has 0 saturated heterocycles. The highest BCUT2D eigenvalue weighted by molar-refractivity contribution is 7.98. The highest BCUT2D eigenvalue weighted by atomic mass is 32.2. The molecule has 0 atom stereocenters. The molecule has 0 aliphatic carbocycles. The monoisotopic (exact) mass is 267 g/mol. The zero-order valence-corrected chi connectivity index (χ0v) is 11.3. The van der Waals surface area contributed by atoms with Gasteiger partial charge in [-0.05, 0) is 18.4 Å². The first kappa shape index (κ1) is 12.0. The molecule has 0 fully saturated rings. The van der Waals surface area contributed by atoms with Gasteiger partial charge in [0.15, 0.2) is 0 Å². The summed E-state index contributed by atoms with van der Waals surface area (Å²) in [4.78, 5) is 9.87. The third-order valence-corrected chi connectivity index (χ3v) is 3.62. The second-order valence-corrected chi connectivity index (χ2v) is 4.95. The Balaban J connectivity index is 2.04. The molecular weight excluding hydrogens is 254 g/mol. The summed E-state index contributed by atoms with van der Waals surface area (Å²) in [6, 6.07) is 14.3. The summed E-state index contributed by atoms with van der Waals surface area (Å²) in [6.45, 7) is 0. The lowest BCUT2D eigenvalue weighted by molar-refractivity contribution is 0.988. The van der Waals surface area contributed by atoms with E-state index in [0.29, 0.717) is 0 Å². The summed E-state index contributed by atoms with van der Waals surface area (Å²) in [5.74, 6) is 0.883. The van der Waals surface area contributed by atoms with Crippen LogP contribution in [0, 0.1) is 0 Å². The van der Waals surface area contributed by atoms with Crippen LogP contribution in [0.4, 0.5) is 0 Å². The van der Waals surface area contributed by atoms with Crippen LogP contribution in [0.2, 0.25) is 0 Å². The molecular formula is C15H13N3S. The van der Waals surface area contributed by atoms with Crippen molar-refractivity contribution in [2.24, 2.45) is 0 Å². The van der Waals surface area contributed by atoms with Gasteiger partial charge < -0.3 is 0 Å². The Morgan fingerprint density at radius 3 is 2.53 bits per heavy atom. The minimum atomic E-state index is 0.883. The van der Waals surface area contributed by atoms with Crippen LogP contribution in [-0.2, 0) is 0 Å². The number of imidazole rings is 1. The number of hydrogen-bond acceptors (Lipinski definition) is 3. The lowest BCUT2D eigenvalue weighted by atomic mass is 10.2. The molecule has 4 heteroatoms. The fourth-order valence-electron chi connectivity index (χ4n) is 1.94. The molecule has 3 aromatic rings. The van der Waals surface area contributed by atoms with Crippen molar-refractivity contribution in [1.29, 1.82) is 0 Å². The minimum absolute atomic E-state index is 0.883. The maximum atomic E-state index is 4.48. The molecule has 94 valence electrons. The van der Waals surface area contributed by atoms with Gasteiger partial charge in [0.05, 0.1) is 11.9 Å². The van der Waals surface area contributed by atoms with Crippen LogP contribution in [0.25, 0.3) is 17.1 Å². The number of thioether (sulfide) groups is 1. The van der Waals surface area contributed by atoms with E-state index in [0.717, 1.165) is 22.0 Å². The second-order valence-electron chi connectivity index (χ2n) is 4.07. The highest BCUT2D eigenvalue weighted by Gasteiger charge is 2.07. The molecule has 0 amide bonds. The summed E-state index contributed by atoms with van der Waals surface area (Å²) in [5.41, 5.74) is 2.18. The summed E-state index contributed by atoms with van der Waals surface area (Å²) in [6.07, 6.45) is 7.58. The first-order valence-corrected chi connectivity index (χ1v) is 7.19. The third-order valence-electron chi connectivity index (χ3n) is 2.91. The van der Waals surface area contributed by atoms with Gasteiger partial charge in [0.25, 0.3) is 0 Å². The van der Waals surface area contributed by atoms with Crippen molar-refractivity contribution in [3.05, 3.63) is 61.2 Å². The molecule has 1 aromatic carbocycles. The molecule has 0 aliphatic heterocycles. The van der Waals surface area contributed by atoms with E-state index in [4.69, 9.17) is 0 Å². The molecule has 0 aliphatic rings. The van der Waals surface area contributed by atoms with Gasteiger partial charge in [0.2, 0.25) is 0 Å². The van der Waals surface area contributed by atoms with Crippen molar-refractivity contribution >= 4 is 11.8 Å². The smallest absolute Gasteiger partial charge is 0.138 e. The summed E-state index contributed by atoms with van der Waals surface area (Å²) in [5, 5.41) is 0. The highest BCUT2D eigenvalue weighted by Crippen LogP contribution is 2.22. The Kier molecular flexibility index (Phi) is 3.33. The first-order chi connectivity index (χ1) is 9.38. The normalized spacial score (nSPS) is 10.6. The Hall–Kier alpha value is -2.07. The number of aromatic nitrogens is 3.